The van der Waals surface area contributed by atoms with Crippen molar-refractivity contribution >= 4 is 41.5 Å². The first kappa shape index (κ1) is 22.0. The number of carbonyl (C=O) groups is 1. The molecule has 0 saturated carbocycles. The van der Waals surface area contributed by atoms with Crippen molar-refractivity contribution in [1.29, 1.82) is 0 Å². The molecule has 29 heavy (non-hydrogen) atoms. The Balaban J connectivity index is 0.00000240. The fraction of sp³-hybridized carbons (Fsp3) is 0.435. The lowest BCUT2D eigenvalue weighted by molar-refractivity contribution is 0.0953. The lowest BCUT2D eigenvalue weighted by Gasteiger charge is -2.42. The number of fused-ring (bicyclic) bond motifs is 2. The van der Waals surface area contributed by atoms with Gasteiger partial charge in [0.25, 0.3) is 5.91 Å². The summed E-state index contributed by atoms with van der Waals surface area (Å²) in [7, 11) is 0. The average Bonchev–Trinajstić information content (AvgIpc) is 3.26. The molecule has 1 amide bonds. The first-order valence-corrected chi connectivity index (χ1v) is 11.3. The molecule has 2 heterocycles. The van der Waals surface area contributed by atoms with E-state index in [-0.39, 0.29) is 18.3 Å². The SMILES string of the molecule is CCCNC(=O)c1ccc2c(c1)N(C(CC)N1CCCC1)c1ccccc1S2.Cl. The molecule has 4 rings (SSSR count). The van der Waals surface area contributed by atoms with Crippen molar-refractivity contribution in [2.24, 2.45) is 0 Å². The summed E-state index contributed by atoms with van der Waals surface area (Å²) in [6, 6.07) is 14.8. The highest BCUT2D eigenvalue weighted by Crippen LogP contribution is 2.50. The maximum absolute atomic E-state index is 12.6. The Labute approximate surface area is 184 Å². The summed E-state index contributed by atoms with van der Waals surface area (Å²) in [6.45, 7) is 7.35. The topological polar surface area (TPSA) is 35.6 Å². The van der Waals surface area contributed by atoms with E-state index in [2.05, 4.69) is 65.4 Å². The van der Waals surface area contributed by atoms with Crippen LogP contribution in [-0.4, -0.2) is 36.6 Å². The van der Waals surface area contributed by atoms with Crippen LogP contribution in [0.3, 0.4) is 0 Å². The largest absolute Gasteiger partial charge is 0.352 e. The zero-order valence-corrected chi connectivity index (χ0v) is 18.8. The molecule has 4 nitrogen and oxygen atoms in total. The smallest absolute Gasteiger partial charge is 0.251 e. The molecule has 0 spiro atoms. The van der Waals surface area contributed by atoms with Gasteiger partial charge in [0.05, 0.1) is 17.5 Å². The number of anilines is 2. The van der Waals surface area contributed by atoms with E-state index in [0.717, 1.165) is 37.2 Å². The molecule has 1 N–H and O–H groups in total. The summed E-state index contributed by atoms with van der Waals surface area (Å²) in [6.07, 6.45) is 4.85. The summed E-state index contributed by atoms with van der Waals surface area (Å²) in [4.78, 5) is 20.2. The van der Waals surface area contributed by atoms with Gasteiger partial charge in [0.15, 0.2) is 0 Å². The number of hydrogen-bond donors (Lipinski definition) is 1. The van der Waals surface area contributed by atoms with Gasteiger partial charge in [-0.25, -0.2) is 0 Å². The van der Waals surface area contributed by atoms with Gasteiger partial charge >= 0.3 is 0 Å². The molecule has 0 aromatic heterocycles. The molecular formula is C23H30ClN3OS. The second kappa shape index (κ2) is 9.88. The first-order valence-electron chi connectivity index (χ1n) is 10.4. The lowest BCUT2D eigenvalue weighted by atomic mass is 10.1. The summed E-state index contributed by atoms with van der Waals surface area (Å²) in [5.74, 6) is 0.0164. The molecule has 1 atom stereocenters. The number of para-hydroxylation sites is 1. The number of hydrogen-bond acceptors (Lipinski definition) is 4. The number of carbonyl (C=O) groups excluding carboxylic acids is 1. The Bertz CT molecular complexity index is 854. The number of nitrogens with zero attached hydrogens (tertiary/aromatic N) is 2. The molecule has 1 unspecified atom stereocenters. The number of likely N-dealkylation sites (tertiary alicyclic amines) is 1. The Morgan fingerprint density at radius 1 is 1.07 bits per heavy atom. The van der Waals surface area contributed by atoms with Crippen molar-refractivity contribution in [3.8, 4) is 0 Å². The van der Waals surface area contributed by atoms with Crippen LogP contribution in [-0.2, 0) is 0 Å². The van der Waals surface area contributed by atoms with E-state index in [9.17, 15) is 4.79 Å². The summed E-state index contributed by atoms with van der Waals surface area (Å²) in [5.41, 5.74) is 3.16. The van der Waals surface area contributed by atoms with E-state index >= 15 is 0 Å². The van der Waals surface area contributed by atoms with Crippen LogP contribution in [0.1, 0.15) is 49.9 Å². The first-order chi connectivity index (χ1) is 13.7. The number of amides is 1. The summed E-state index contributed by atoms with van der Waals surface area (Å²) in [5, 5.41) is 3.01. The quantitative estimate of drug-likeness (QED) is 0.637. The van der Waals surface area contributed by atoms with Crippen molar-refractivity contribution in [1.82, 2.24) is 10.2 Å². The minimum atomic E-state index is 0. The van der Waals surface area contributed by atoms with Gasteiger partial charge in [-0.1, -0.05) is 37.7 Å². The minimum Gasteiger partial charge on any atom is -0.352 e. The molecule has 156 valence electrons. The molecule has 2 aromatic carbocycles. The highest BCUT2D eigenvalue weighted by molar-refractivity contribution is 7.99. The molecular weight excluding hydrogens is 402 g/mol. The van der Waals surface area contributed by atoms with Gasteiger partial charge in [-0.05, 0) is 56.0 Å². The van der Waals surface area contributed by atoms with Crippen molar-refractivity contribution < 1.29 is 4.79 Å². The predicted molar refractivity (Wildman–Crippen MR) is 124 cm³/mol. The lowest BCUT2D eigenvalue weighted by Crippen LogP contribution is -2.45. The molecule has 0 aliphatic carbocycles. The zero-order chi connectivity index (χ0) is 19.5. The zero-order valence-electron chi connectivity index (χ0n) is 17.2. The predicted octanol–water partition coefficient (Wildman–Crippen LogP) is 5.68. The monoisotopic (exact) mass is 431 g/mol. The van der Waals surface area contributed by atoms with Crippen LogP contribution < -0.4 is 10.2 Å². The van der Waals surface area contributed by atoms with Gasteiger partial charge in [-0.2, -0.15) is 0 Å². The van der Waals surface area contributed by atoms with Gasteiger partial charge in [0.1, 0.15) is 0 Å². The minimum absolute atomic E-state index is 0. The number of nitrogens with one attached hydrogen (secondary N) is 1. The van der Waals surface area contributed by atoms with E-state index in [0.29, 0.717) is 12.7 Å². The van der Waals surface area contributed by atoms with E-state index in [1.54, 1.807) is 11.8 Å². The van der Waals surface area contributed by atoms with Crippen LogP contribution in [0, 0.1) is 0 Å². The van der Waals surface area contributed by atoms with Crippen molar-refractivity contribution in [2.45, 2.75) is 55.5 Å². The highest BCUT2D eigenvalue weighted by Gasteiger charge is 2.33. The number of rotatable bonds is 6. The van der Waals surface area contributed by atoms with E-state index in [4.69, 9.17) is 0 Å². The average molecular weight is 432 g/mol. The molecule has 6 heteroatoms. The Morgan fingerprint density at radius 3 is 2.52 bits per heavy atom. The third-order valence-corrected chi connectivity index (χ3v) is 6.72. The maximum atomic E-state index is 12.6. The Morgan fingerprint density at radius 2 is 1.79 bits per heavy atom. The molecule has 2 aliphatic heterocycles. The molecule has 0 radical (unpaired) electrons. The second-order valence-corrected chi connectivity index (χ2v) is 8.59. The fourth-order valence-electron chi connectivity index (χ4n) is 4.23. The summed E-state index contributed by atoms with van der Waals surface area (Å²) < 4.78 is 0. The standard InChI is InChI=1S/C23H29N3OS.ClH/c1-3-13-24-23(27)17-11-12-21-19(16-17)26(18-9-5-6-10-20(18)28-21)22(4-2)25-14-7-8-15-25;/h5-6,9-12,16,22H,3-4,7-8,13-15H2,1-2H3,(H,24,27);1H. The molecule has 2 aliphatic rings. The number of halogens is 1. The van der Waals surface area contributed by atoms with Gasteiger partial charge < -0.3 is 10.2 Å². The van der Waals surface area contributed by atoms with E-state index in [1.165, 1.54) is 28.3 Å². The Hall–Kier alpha value is -1.69. The van der Waals surface area contributed by atoms with Gasteiger partial charge in [-0.3, -0.25) is 9.69 Å². The Kier molecular flexibility index (Phi) is 7.49. The van der Waals surface area contributed by atoms with Crippen LogP contribution in [0.15, 0.2) is 52.3 Å². The van der Waals surface area contributed by atoms with Gasteiger partial charge in [-0.15, -0.1) is 12.4 Å². The normalized spacial score (nSPS) is 16.6. The molecule has 1 saturated heterocycles. The third kappa shape index (κ3) is 4.42. The van der Waals surface area contributed by atoms with E-state index < -0.39 is 0 Å². The fourth-order valence-corrected chi connectivity index (χ4v) is 5.28. The number of benzene rings is 2. The van der Waals surface area contributed by atoms with Crippen molar-refractivity contribution in [3.63, 3.8) is 0 Å². The maximum Gasteiger partial charge on any atom is 0.251 e. The van der Waals surface area contributed by atoms with Crippen molar-refractivity contribution in [3.05, 3.63) is 48.0 Å². The van der Waals surface area contributed by atoms with Crippen LogP contribution in [0.5, 0.6) is 0 Å². The van der Waals surface area contributed by atoms with Crippen LogP contribution in [0.4, 0.5) is 11.4 Å². The molecule has 0 bridgehead atoms. The highest BCUT2D eigenvalue weighted by atomic mass is 35.5. The van der Waals surface area contributed by atoms with Crippen LogP contribution in [0.2, 0.25) is 0 Å². The van der Waals surface area contributed by atoms with Gasteiger partial charge in [0, 0.05) is 35.0 Å². The van der Waals surface area contributed by atoms with Gasteiger partial charge in [0.2, 0.25) is 0 Å². The summed E-state index contributed by atoms with van der Waals surface area (Å²) >= 11 is 1.80. The van der Waals surface area contributed by atoms with E-state index in [1.807, 2.05) is 6.07 Å². The van der Waals surface area contributed by atoms with Crippen molar-refractivity contribution in [2.75, 3.05) is 24.5 Å². The molecule has 1 fully saturated rings. The van der Waals surface area contributed by atoms with Crippen LogP contribution >= 0.6 is 24.2 Å². The van der Waals surface area contributed by atoms with Crippen LogP contribution in [0.25, 0.3) is 0 Å². The third-order valence-electron chi connectivity index (χ3n) is 5.59. The molecule has 2 aromatic rings. The second-order valence-electron chi connectivity index (χ2n) is 7.51.